The molecule has 2 amide bonds. The van der Waals surface area contributed by atoms with E-state index in [0.717, 1.165) is 27.2 Å². The number of nitrogens with one attached hydrogen (secondary N) is 2. The molecule has 3 aromatic rings. The number of fused-ring (bicyclic) bond motifs is 2. The fraction of sp³-hybridized carbons (Fsp3) is 0.143. The Kier molecular flexibility index (Phi) is 5.17. The van der Waals surface area contributed by atoms with Crippen molar-refractivity contribution in [2.24, 2.45) is 0 Å². The van der Waals surface area contributed by atoms with Crippen LogP contribution in [0.15, 0.2) is 66.7 Å². The largest absolute Gasteiger partial charge is 0.460 e. The lowest BCUT2D eigenvalue weighted by Gasteiger charge is -2.11. The van der Waals surface area contributed by atoms with E-state index in [-0.39, 0.29) is 19.2 Å². The molecule has 0 unspecified atom stereocenters. The zero-order valence-electron chi connectivity index (χ0n) is 14.5. The summed E-state index contributed by atoms with van der Waals surface area (Å²) in [4.78, 5) is 23.4. The third-order valence-electron chi connectivity index (χ3n) is 3.96. The van der Waals surface area contributed by atoms with E-state index in [1.807, 2.05) is 36.4 Å². The number of ether oxygens (including phenoxy) is 1. The minimum absolute atomic E-state index is 0.0965. The SMILES string of the molecule is C=C(C)C(=O)OCCNC(=O)Nc1cccc2cc3ccccc3cc12. The summed E-state index contributed by atoms with van der Waals surface area (Å²) in [6.07, 6.45) is 0. The fourth-order valence-electron chi connectivity index (χ4n) is 2.67. The molecule has 2 N–H and O–H groups in total. The molecule has 5 heteroatoms. The van der Waals surface area contributed by atoms with Gasteiger partial charge >= 0.3 is 12.0 Å². The van der Waals surface area contributed by atoms with Crippen LogP contribution in [-0.2, 0) is 9.53 Å². The van der Waals surface area contributed by atoms with Crippen LogP contribution in [0.4, 0.5) is 10.5 Å². The number of benzene rings is 3. The number of amides is 2. The van der Waals surface area contributed by atoms with Crippen molar-refractivity contribution in [2.45, 2.75) is 6.92 Å². The Hall–Kier alpha value is -3.34. The molecule has 0 radical (unpaired) electrons. The molecule has 0 aliphatic heterocycles. The maximum absolute atomic E-state index is 12.1. The summed E-state index contributed by atoms with van der Waals surface area (Å²) in [6, 6.07) is 17.7. The average Bonchev–Trinajstić information content (AvgIpc) is 2.63. The number of anilines is 1. The quantitative estimate of drug-likeness (QED) is 0.314. The minimum Gasteiger partial charge on any atom is -0.460 e. The van der Waals surface area contributed by atoms with Crippen molar-refractivity contribution in [3.63, 3.8) is 0 Å². The molecule has 0 bridgehead atoms. The van der Waals surface area contributed by atoms with Crippen LogP contribution in [-0.4, -0.2) is 25.2 Å². The highest BCUT2D eigenvalue weighted by atomic mass is 16.5. The summed E-state index contributed by atoms with van der Waals surface area (Å²) in [5.41, 5.74) is 1.06. The monoisotopic (exact) mass is 348 g/mol. The zero-order valence-corrected chi connectivity index (χ0v) is 14.5. The van der Waals surface area contributed by atoms with Crippen molar-refractivity contribution < 1.29 is 14.3 Å². The van der Waals surface area contributed by atoms with Gasteiger partial charge in [-0.1, -0.05) is 43.0 Å². The predicted octanol–water partition coefficient (Wildman–Crippen LogP) is 4.23. The highest BCUT2D eigenvalue weighted by Crippen LogP contribution is 2.28. The van der Waals surface area contributed by atoms with Crippen molar-refractivity contribution in [2.75, 3.05) is 18.5 Å². The molecule has 0 atom stereocenters. The Labute approximate surface area is 151 Å². The highest BCUT2D eigenvalue weighted by molar-refractivity contribution is 6.07. The molecule has 132 valence electrons. The number of urea groups is 1. The van der Waals surface area contributed by atoms with Gasteiger partial charge in [0.15, 0.2) is 0 Å². The second kappa shape index (κ2) is 7.70. The summed E-state index contributed by atoms with van der Waals surface area (Å²) in [5, 5.41) is 9.81. The van der Waals surface area contributed by atoms with Crippen molar-refractivity contribution in [3.05, 3.63) is 66.7 Å². The Balaban J connectivity index is 1.68. The van der Waals surface area contributed by atoms with E-state index < -0.39 is 5.97 Å². The standard InChI is InChI=1S/C21H20N2O3/c1-14(2)20(24)26-11-10-22-21(25)23-19-9-5-8-17-12-15-6-3-4-7-16(15)13-18(17)19/h3-9,12-13H,1,10-11H2,2H3,(H2,22,23,25). The van der Waals surface area contributed by atoms with E-state index in [4.69, 9.17) is 4.74 Å². The van der Waals surface area contributed by atoms with Crippen LogP contribution < -0.4 is 10.6 Å². The number of hydrogen-bond donors (Lipinski definition) is 2. The first-order chi connectivity index (χ1) is 12.5. The molecule has 3 aromatic carbocycles. The van der Waals surface area contributed by atoms with Crippen molar-refractivity contribution in [1.82, 2.24) is 5.32 Å². The van der Waals surface area contributed by atoms with Crippen LogP contribution in [0.5, 0.6) is 0 Å². The van der Waals surface area contributed by atoms with Gasteiger partial charge in [-0.2, -0.15) is 0 Å². The van der Waals surface area contributed by atoms with Gasteiger partial charge in [0, 0.05) is 11.0 Å². The van der Waals surface area contributed by atoms with Gasteiger partial charge in [-0.05, 0) is 41.3 Å². The molecule has 0 saturated carbocycles. The van der Waals surface area contributed by atoms with E-state index in [1.165, 1.54) is 0 Å². The summed E-state index contributed by atoms with van der Waals surface area (Å²) in [6.45, 7) is 5.39. The molecule has 5 nitrogen and oxygen atoms in total. The third-order valence-corrected chi connectivity index (χ3v) is 3.96. The normalized spacial score (nSPS) is 10.5. The van der Waals surface area contributed by atoms with Gasteiger partial charge in [-0.3, -0.25) is 0 Å². The minimum atomic E-state index is -0.465. The lowest BCUT2D eigenvalue weighted by atomic mass is 10.0. The summed E-state index contributed by atoms with van der Waals surface area (Å²) >= 11 is 0. The average molecular weight is 348 g/mol. The second-order valence-electron chi connectivity index (χ2n) is 6.02. The number of esters is 1. The molecule has 0 spiro atoms. The van der Waals surface area contributed by atoms with Crippen LogP contribution >= 0.6 is 0 Å². The number of carbonyl (C=O) groups is 2. The molecular weight excluding hydrogens is 328 g/mol. The van der Waals surface area contributed by atoms with Crippen LogP contribution in [0.1, 0.15) is 6.92 Å². The second-order valence-corrected chi connectivity index (χ2v) is 6.02. The summed E-state index contributed by atoms with van der Waals surface area (Å²) in [5.74, 6) is -0.465. The topological polar surface area (TPSA) is 67.4 Å². The molecule has 3 rings (SSSR count). The number of carbonyl (C=O) groups excluding carboxylic acids is 2. The van der Waals surface area contributed by atoms with Gasteiger partial charge in [0.1, 0.15) is 6.61 Å². The highest BCUT2D eigenvalue weighted by Gasteiger charge is 2.07. The smallest absolute Gasteiger partial charge is 0.333 e. The maximum Gasteiger partial charge on any atom is 0.333 e. The van der Waals surface area contributed by atoms with E-state index in [1.54, 1.807) is 6.92 Å². The lowest BCUT2D eigenvalue weighted by molar-refractivity contribution is -0.138. The van der Waals surface area contributed by atoms with Crippen molar-refractivity contribution in [3.8, 4) is 0 Å². The van der Waals surface area contributed by atoms with Gasteiger partial charge in [0.05, 0.1) is 12.2 Å². The van der Waals surface area contributed by atoms with Gasteiger partial charge < -0.3 is 15.4 Å². The predicted molar refractivity (Wildman–Crippen MR) is 104 cm³/mol. The molecule has 0 heterocycles. The third kappa shape index (κ3) is 4.00. The first-order valence-electron chi connectivity index (χ1n) is 8.33. The van der Waals surface area contributed by atoms with Gasteiger partial charge in [0.25, 0.3) is 0 Å². The fourth-order valence-corrected chi connectivity index (χ4v) is 2.67. The molecule has 0 aliphatic carbocycles. The molecule has 0 aromatic heterocycles. The van der Waals surface area contributed by atoms with Crippen molar-refractivity contribution in [1.29, 1.82) is 0 Å². The van der Waals surface area contributed by atoms with E-state index in [0.29, 0.717) is 5.57 Å². The summed E-state index contributed by atoms with van der Waals surface area (Å²) in [7, 11) is 0. The van der Waals surface area contributed by atoms with Crippen LogP contribution in [0, 0.1) is 0 Å². The first kappa shape index (κ1) is 17.5. The summed E-state index contributed by atoms with van der Waals surface area (Å²) < 4.78 is 4.94. The van der Waals surface area contributed by atoms with Gasteiger partial charge in [-0.15, -0.1) is 0 Å². The Morgan fingerprint density at radius 1 is 1.00 bits per heavy atom. The van der Waals surface area contributed by atoms with Gasteiger partial charge in [-0.25, -0.2) is 9.59 Å². The molecule has 0 aliphatic rings. The van der Waals surface area contributed by atoms with Crippen LogP contribution in [0.3, 0.4) is 0 Å². The maximum atomic E-state index is 12.1. The molecule has 0 fully saturated rings. The number of rotatable bonds is 5. The Morgan fingerprint density at radius 3 is 2.42 bits per heavy atom. The zero-order chi connectivity index (χ0) is 18.5. The van der Waals surface area contributed by atoms with Gasteiger partial charge in [0.2, 0.25) is 0 Å². The van der Waals surface area contributed by atoms with E-state index in [2.05, 4.69) is 35.4 Å². The number of hydrogen-bond acceptors (Lipinski definition) is 3. The van der Waals surface area contributed by atoms with E-state index in [9.17, 15) is 9.59 Å². The Morgan fingerprint density at radius 2 is 1.69 bits per heavy atom. The van der Waals surface area contributed by atoms with E-state index >= 15 is 0 Å². The lowest BCUT2D eigenvalue weighted by Crippen LogP contribution is -2.32. The van der Waals surface area contributed by atoms with Crippen LogP contribution in [0.2, 0.25) is 0 Å². The van der Waals surface area contributed by atoms with Crippen LogP contribution in [0.25, 0.3) is 21.5 Å². The van der Waals surface area contributed by atoms with Crippen molar-refractivity contribution >= 4 is 39.2 Å². The first-order valence-corrected chi connectivity index (χ1v) is 8.33. The molecule has 26 heavy (non-hydrogen) atoms. The molecule has 0 saturated heterocycles. The molecular formula is C21H20N2O3. The Bertz CT molecular complexity index is 995.